The number of rotatable bonds is 5. The van der Waals surface area contributed by atoms with Gasteiger partial charge in [0, 0.05) is 18.8 Å². The maximum Gasteiger partial charge on any atom is 0.268 e. The highest BCUT2D eigenvalue weighted by Crippen LogP contribution is 2.37. The predicted molar refractivity (Wildman–Crippen MR) is 79.6 cm³/mol. The van der Waals surface area contributed by atoms with Gasteiger partial charge in [-0.3, -0.25) is 4.79 Å². The van der Waals surface area contributed by atoms with Crippen LogP contribution in [0.5, 0.6) is 0 Å². The van der Waals surface area contributed by atoms with Crippen LogP contribution < -0.4 is 11.1 Å². The fraction of sp³-hybridized carbons (Fsp3) is 0.312. The maximum absolute atomic E-state index is 12.8. The molecule has 1 aliphatic rings. The van der Waals surface area contributed by atoms with Gasteiger partial charge in [0.25, 0.3) is 5.91 Å². The highest BCUT2D eigenvalue weighted by molar-refractivity contribution is 5.93. The molecule has 0 bridgehead atoms. The number of amides is 1. The number of hydrogen-bond acceptors (Lipinski definition) is 2. The van der Waals surface area contributed by atoms with E-state index in [0.717, 1.165) is 18.4 Å². The van der Waals surface area contributed by atoms with Gasteiger partial charge in [-0.05, 0) is 43.0 Å². The van der Waals surface area contributed by atoms with Crippen LogP contribution in [0.4, 0.5) is 10.1 Å². The molecule has 21 heavy (non-hydrogen) atoms. The lowest BCUT2D eigenvalue weighted by Crippen LogP contribution is -2.27. The van der Waals surface area contributed by atoms with Crippen molar-refractivity contribution in [2.75, 3.05) is 12.3 Å². The van der Waals surface area contributed by atoms with Gasteiger partial charge >= 0.3 is 0 Å². The van der Waals surface area contributed by atoms with Crippen LogP contribution in [0, 0.1) is 5.82 Å². The number of hydrogen-bond donors (Lipinski definition) is 2. The number of nitrogen functional groups attached to an aromatic ring is 1. The van der Waals surface area contributed by atoms with Gasteiger partial charge in [0.15, 0.2) is 0 Å². The third-order valence-corrected chi connectivity index (χ3v) is 3.66. The SMILES string of the molecule is Nc1cc(C(=O)NCCc2ccc(F)cc2)n(C2CC2)c1. The number of carbonyl (C=O) groups excluding carboxylic acids is 1. The van der Waals surface area contributed by atoms with Gasteiger partial charge in [0.2, 0.25) is 0 Å². The monoisotopic (exact) mass is 287 g/mol. The van der Waals surface area contributed by atoms with E-state index in [2.05, 4.69) is 5.32 Å². The summed E-state index contributed by atoms with van der Waals surface area (Å²) in [6, 6.07) is 8.44. The van der Waals surface area contributed by atoms with Crippen molar-refractivity contribution in [3.63, 3.8) is 0 Å². The molecule has 0 atom stereocenters. The molecule has 0 spiro atoms. The Kier molecular flexibility index (Phi) is 3.64. The second-order valence-electron chi connectivity index (χ2n) is 5.43. The summed E-state index contributed by atoms with van der Waals surface area (Å²) >= 11 is 0. The van der Waals surface area contributed by atoms with Gasteiger partial charge in [-0.15, -0.1) is 0 Å². The predicted octanol–water partition coefficient (Wildman–Crippen LogP) is 2.52. The molecule has 1 aliphatic carbocycles. The van der Waals surface area contributed by atoms with Crippen molar-refractivity contribution < 1.29 is 9.18 Å². The Morgan fingerprint density at radius 3 is 2.71 bits per heavy atom. The largest absolute Gasteiger partial charge is 0.397 e. The Morgan fingerprint density at radius 2 is 2.05 bits per heavy atom. The Balaban J connectivity index is 1.58. The lowest BCUT2D eigenvalue weighted by molar-refractivity contribution is 0.0944. The number of carbonyl (C=O) groups is 1. The molecule has 1 aromatic carbocycles. The van der Waals surface area contributed by atoms with Gasteiger partial charge in [-0.2, -0.15) is 0 Å². The summed E-state index contributed by atoms with van der Waals surface area (Å²) in [6.07, 6.45) is 4.70. The van der Waals surface area contributed by atoms with E-state index in [1.807, 2.05) is 10.8 Å². The molecule has 1 amide bonds. The summed E-state index contributed by atoms with van der Waals surface area (Å²) in [6.45, 7) is 0.514. The third kappa shape index (κ3) is 3.24. The van der Waals surface area contributed by atoms with Crippen LogP contribution >= 0.6 is 0 Å². The number of benzene rings is 1. The average Bonchev–Trinajstić information content (AvgIpc) is 3.23. The number of anilines is 1. The van der Waals surface area contributed by atoms with Gasteiger partial charge < -0.3 is 15.6 Å². The molecular weight excluding hydrogens is 269 g/mol. The minimum absolute atomic E-state index is 0.110. The first kappa shape index (κ1) is 13.7. The van der Waals surface area contributed by atoms with Crippen LogP contribution in [0.1, 0.15) is 34.9 Å². The molecule has 0 saturated heterocycles. The molecular formula is C16H18FN3O. The average molecular weight is 287 g/mol. The van der Waals surface area contributed by atoms with E-state index in [4.69, 9.17) is 5.73 Å². The number of nitrogens with one attached hydrogen (secondary N) is 1. The first-order valence-corrected chi connectivity index (χ1v) is 7.13. The van der Waals surface area contributed by atoms with E-state index in [-0.39, 0.29) is 11.7 Å². The molecule has 1 heterocycles. The van der Waals surface area contributed by atoms with Gasteiger partial charge in [-0.1, -0.05) is 12.1 Å². The van der Waals surface area contributed by atoms with Crippen LogP contribution in [0.3, 0.4) is 0 Å². The zero-order valence-electron chi connectivity index (χ0n) is 11.7. The molecule has 3 N–H and O–H groups in total. The van der Waals surface area contributed by atoms with E-state index in [1.54, 1.807) is 18.2 Å². The van der Waals surface area contributed by atoms with E-state index in [0.29, 0.717) is 30.4 Å². The fourth-order valence-corrected chi connectivity index (χ4v) is 2.40. The topological polar surface area (TPSA) is 60.1 Å². The summed E-state index contributed by atoms with van der Waals surface area (Å²) in [7, 11) is 0. The summed E-state index contributed by atoms with van der Waals surface area (Å²) in [5.41, 5.74) is 8.01. The van der Waals surface area contributed by atoms with Crippen LogP contribution in [0.15, 0.2) is 36.5 Å². The Morgan fingerprint density at radius 1 is 1.33 bits per heavy atom. The fourth-order valence-electron chi connectivity index (χ4n) is 2.40. The number of nitrogens with two attached hydrogens (primary N) is 1. The molecule has 2 aromatic rings. The van der Waals surface area contributed by atoms with Crippen molar-refractivity contribution >= 4 is 11.6 Å². The van der Waals surface area contributed by atoms with E-state index >= 15 is 0 Å². The molecule has 1 saturated carbocycles. The molecule has 0 unspecified atom stereocenters. The van der Waals surface area contributed by atoms with Crippen LogP contribution in [0.2, 0.25) is 0 Å². The molecule has 0 aliphatic heterocycles. The van der Waals surface area contributed by atoms with Crippen molar-refractivity contribution in [1.82, 2.24) is 9.88 Å². The highest BCUT2D eigenvalue weighted by atomic mass is 19.1. The Labute approximate surface area is 122 Å². The molecule has 0 radical (unpaired) electrons. The summed E-state index contributed by atoms with van der Waals surface area (Å²) in [5, 5.41) is 2.89. The van der Waals surface area contributed by atoms with Crippen molar-refractivity contribution in [2.24, 2.45) is 0 Å². The van der Waals surface area contributed by atoms with Crippen molar-refractivity contribution in [3.8, 4) is 0 Å². The zero-order valence-corrected chi connectivity index (χ0v) is 11.7. The zero-order chi connectivity index (χ0) is 14.8. The number of halogens is 1. The minimum atomic E-state index is -0.250. The number of nitrogens with zero attached hydrogens (tertiary/aromatic N) is 1. The van der Waals surface area contributed by atoms with Gasteiger partial charge in [-0.25, -0.2) is 4.39 Å². The first-order chi connectivity index (χ1) is 10.1. The van der Waals surface area contributed by atoms with Gasteiger partial charge in [0.05, 0.1) is 5.69 Å². The molecule has 3 rings (SSSR count). The second-order valence-corrected chi connectivity index (χ2v) is 5.43. The lowest BCUT2D eigenvalue weighted by atomic mass is 10.1. The highest BCUT2D eigenvalue weighted by Gasteiger charge is 2.27. The summed E-state index contributed by atoms with van der Waals surface area (Å²) in [5.74, 6) is -0.360. The molecule has 4 nitrogen and oxygen atoms in total. The van der Waals surface area contributed by atoms with Crippen molar-refractivity contribution in [1.29, 1.82) is 0 Å². The molecule has 1 fully saturated rings. The number of aromatic nitrogens is 1. The van der Waals surface area contributed by atoms with Crippen LogP contribution in [-0.4, -0.2) is 17.0 Å². The van der Waals surface area contributed by atoms with Gasteiger partial charge in [0.1, 0.15) is 11.5 Å². The Bertz CT molecular complexity index is 644. The smallest absolute Gasteiger partial charge is 0.268 e. The third-order valence-electron chi connectivity index (χ3n) is 3.66. The van der Waals surface area contributed by atoms with Crippen molar-refractivity contribution in [2.45, 2.75) is 25.3 Å². The van der Waals surface area contributed by atoms with Crippen LogP contribution in [0.25, 0.3) is 0 Å². The van der Waals surface area contributed by atoms with Crippen LogP contribution in [-0.2, 0) is 6.42 Å². The molecule has 1 aromatic heterocycles. The Hall–Kier alpha value is -2.30. The van der Waals surface area contributed by atoms with E-state index in [1.165, 1.54) is 12.1 Å². The van der Waals surface area contributed by atoms with Crippen molar-refractivity contribution in [3.05, 3.63) is 53.6 Å². The lowest BCUT2D eigenvalue weighted by Gasteiger charge is -2.08. The quantitative estimate of drug-likeness (QED) is 0.887. The van der Waals surface area contributed by atoms with E-state index in [9.17, 15) is 9.18 Å². The molecule has 110 valence electrons. The summed E-state index contributed by atoms with van der Waals surface area (Å²) in [4.78, 5) is 12.2. The standard InChI is InChI=1S/C16H18FN3O/c17-12-3-1-11(2-4-12)7-8-19-16(21)15-9-13(18)10-20(15)14-5-6-14/h1-4,9-10,14H,5-8,18H2,(H,19,21). The maximum atomic E-state index is 12.8. The second kappa shape index (κ2) is 5.60. The first-order valence-electron chi connectivity index (χ1n) is 7.13. The minimum Gasteiger partial charge on any atom is -0.397 e. The normalized spacial score (nSPS) is 14.1. The summed E-state index contributed by atoms with van der Waals surface area (Å²) < 4.78 is 14.8. The molecule has 5 heteroatoms. The van der Waals surface area contributed by atoms with E-state index < -0.39 is 0 Å².